The number of aliphatic carboxylic acids is 1. The summed E-state index contributed by atoms with van der Waals surface area (Å²) in [5.41, 5.74) is 4.70. The van der Waals surface area contributed by atoms with E-state index in [1.807, 2.05) is 36.4 Å². The van der Waals surface area contributed by atoms with E-state index in [-0.39, 0.29) is 42.7 Å². The Hall–Kier alpha value is -3.61. The highest BCUT2D eigenvalue weighted by Crippen LogP contribution is 2.44. The Morgan fingerprint density at radius 1 is 0.971 bits per heavy atom. The number of ether oxygens (including phenoxy) is 1. The fourth-order valence-electron chi connectivity index (χ4n) is 5.28. The van der Waals surface area contributed by atoms with Crippen LogP contribution in [0.1, 0.15) is 36.3 Å². The van der Waals surface area contributed by atoms with Crippen LogP contribution < -0.4 is 5.32 Å². The number of benzene rings is 2. The molecule has 0 saturated carbocycles. The maximum atomic E-state index is 12.7. The average molecular weight is 461 g/mol. The molecule has 0 radical (unpaired) electrons. The Labute approximate surface area is 198 Å². The number of rotatable bonds is 7. The molecule has 1 fully saturated rings. The maximum Gasteiger partial charge on any atom is 0.407 e. The first-order chi connectivity index (χ1) is 16.5. The van der Waals surface area contributed by atoms with Crippen LogP contribution in [0.4, 0.5) is 4.79 Å². The van der Waals surface area contributed by atoms with Gasteiger partial charge in [0.25, 0.3) is 0 Å². The number of carbonyl (C=O) groups excluding carboxylic acids is 2. The molecule has 7 nitrogen and oxygen atoms in total. The first-order valence-corrected chi connectivity index (χ1v) is 11.8. The predicted octanol–water partition coefficient (Wildman–Crippen LogP) is 3.79. The van der Waals surface area contributed by atoms with Gasteiger partial charge >= 0.3 is 12.1 Å². The molecule has 7 heteroatoms. The van der Waals surface area contributed by atoms with Gasteiger partial charge in [-0.2, -0.15) is 0 Å². The largest absolute Gasteiger partial charge is 0.481 e. The van der Waals surface area contributed by atoms with Crippen LogP contribution in [0.3, 0.4) is 0 Å². The van der Waals surface area contributed by atoms with E-state index in [0.717, 1.165) is 0 Å². The van der Waals surface area contributed by atoms with Gasteiger partial charge < -0.3 is 20.1 Å². The topological polar surface area (TPSA) is 95.9 Å². The lowest BCUT2D eigenvalue weighted by Gasteiger charge is -2.40. The first-order valence-electron chi connectivity index (χ1n) is 11.8. The molecule has 2 aromatic carbocycles. The molecule has 0 spiro atoms. The minimum Gasteiger partial charge on any atom is -0.481 e. The van der Waals surface area contributed by atoms with Gasteiger partial charge in [0.1, 0.15) is 6.61 Å². The molecular formula is C27H28N2O5. The molecule has 2 atom stereocenters. The molecule has 1 aliphatic heterocycles. The van der Waals surface area contributed by atoms with Crippen LogP contribution in [0.15, 0.2) is 60.7 Å². The van der Waals surface area contributed by atoms with Crippen molar-refractivity contribution >= 4 is 18.0 Å². The lowest BCUT2D eigenvalue weighted by molar-refractivity contribution is -0.141. The number of fused-ring (bicyclic) bond motifs is 3. The van der Waals surface area contributed by atoms with Gasteiger partial charge in [0.2, 0.25) is 5.91 Å². The van der Waals surface area contributed by atoms with E-state index >= 15 is 0 Å². The highest BCUT2D eigenvalue weighted by molar-refractivity contribution is 5.82. The summed E-state index contributed by atoms with van der Waals surface area (Å²) in [6.07, 6.45) is 4.47. The van der Waals surface area contributed by atoms with E-state index < -0.39 is 12.1 Å². The minimum atomic E-state index is -0.800. The number of carboxylic acid groups (broad SMARTS) is 1. The fraction of sp³-hybridized carbons (Fsp3) is 0.370. The van der Waals surface area contributed by atoms with E-state index in [1.165, 1.54) is 22.3 Å². The summed E-state index contributed by atoms with van der Waals surface area (Å²) >= 11 is 0. The van der Waals surface area contributed by atoms with Crippen LogP contribution >= 0.6 is 0 Å². The molecule has 2 unspecified atom stereocenters. The maximum absolute atomic E-state index is 12.7. The van der Waals surface area contributed by atoms with E-state index in [4.69, 9.17) is 9.84 Å². The van der Waals surface area contributed by atoms with Crippen LogP contribution in [-0.4, -0.2) is 53.7 Å². The van der Waals surface area contributed by atoms with E-state index in [0.29, 0.717) is 25.9 Å². The second-order valence-corrected chi connectivity index (χ2v) is 9.35. The van der Waals surface area contributed by atoms with Gasteiger partial charge in [-0.25, -0.2) is 4.79 Å². The van der Waals surface area contributed by atoms with Crippen molar-refractivity contribution in [3.63, 3.8) is 0 Å². The number of carbonyl (C=O) groups is 3. The zero-order valence-electron chi connectivity index (χ0n) is 18.9. The van der Waals surface area contributed by atoms with Crippen molar-refractivity contribution in [2.45, 2.75) is 31.2 Å². The molecule has 2 aromatic rings. The van der Waals surface area contributed by atoms with E-state index in [2.05, 4.69) is 29.6 Å². The lowest BCUT2D eigenvalue weighted by Crippen LogP contribution is -2.52. The quantitative estimate of drug-likeness (QED) is 0.613. The van der Waals surface area contributed by atoms with Crippen molar-refractivity contribution in [2.75, 3.05) is 19.7 Å². The Bertz CT molecular complexity index is 1090. The zero-order chi connectivity index (χ0) is 23.7. The Morgan fingerprint density at radius 2 is 1.62 bits per heavy atom. The van der Waals surface area contributed by atoms with Crippen molar-refractivity contribution < 1.29 is 24.2 Å². The van der Waals surface area contributed by atoms with Crippen molar-refractivity contribution in [3.8, 4) is 11.1 Å². The van der Waals surface area contributed by atoms with Crippen molar-refractivity contribution in [1.29, 1.82) is 0 Å². The van der Waals surface area contributed by atoms with Crippen LogP contribution in [0.25, 0.3) is 11.1 Å². The van der Waals surface area contributed by atoms with Crippen LogP contribution in [-0.2, 0) is 14.3 Å². The van der Waals surface area contributed by atoms with Crippen molar-refractivity contribution in [1.82, 2.24) is 10.2 Å². The summed E-state index contributed by atoms with van der Waals surface area (Å²) in [4.78, 5) is 37.7. The summed E-state index contributed by atoms with van der Waals surface area (Å²) in [6, 6.07) is 16.2. The third kappa shape index (κ3) is 4.42. The Morgan fingerprint density at radius 3 is 2.26 bits per heavy atom. The van der Waals surface area contributed by atoms with Crippen molar-refractivity contribution in [3.05, 3.63) is 71.8 Å². The SMILES string of the molecule is O=C(O)CCC1CN(C(=O)C2C=CC(NC(=O)OCC3c4ccccc4-c4ccccc43)C2)C1. The Kier molecular flexibility index (Phi) is 6.09. The molecule has 0 aromatic heterocycles. The van der Waals surface area contributed by atoms with Gasteiger partial charge in [-0.05, 0) is 41.0 Å². The summed E-state index contributed by atoms with van der Waals surface area (Å²) in [5.74, 6) is -0.753. The number of alkyl carbamates (subject to hydrolysis) is 1. The Balaban J connectivity index is 1.09. The summed E-state index contributed by atoms with van der Waals surface area (Å²) in [7, 11) is 0. The van der Waals surface area contributed by atoms with Gasteiger partial charge in [-0.15, -0.1) is 0 Å². The van der Waals surface area contributed by atoms with E-state index in [9.17, 15) is 14.4 Å². The fourth-order valence-corrected chi connectivity index (χ4v) is 5.28. The highest BCUT2D eigenvalue weighted by atomic mass is 16.5. The second kappa shape index (κ2) is 9.33. The second-order valence-electron chi connectivity index (χ2n) is 9.35. The van der Waals surface area contributed by atoms with Crippen LogP contribution in [0.5, 0.6) is 0 Å². The van der Waals surface area contributed by atoms with Gasteiger partial charge in [0, 0.05) is 25.4 Å². The molecule has 0 bridgehead atoms. The molecule has 2 N–H and O–H groups in total. The molecular weight excluding hydrogens is 432 g/mol. The molecule has 2 aliphatic carbocycles. The monoisotopic (exact) mass is 460 g/mol. The number of carboxylic acids is 1. The number of amides is 2. The number of likely N-dealkylation sites (tertiary alicyclic amines) is 1. The molecule has 1 heterocycles. The average Bonchev–Trinajstić information content (AvgIpc) is 3.39. The number of hydrogen-bond acceptors (Lipinski definition) is 4. The lowest BCUT2D eigenvalue weighted by atomic mass is 9.92. The van der Waals surface area contributed by atoms with Gasteiger partial charge in [-0.3, -0.25) is 9.59 Å². The zero-order valence-corrected chi connectivity index (χ0v) is 18.9. The number of nitrogens with zero attached hydrogens (tertiary/aromatic N) is 1. The predicted molar refractivity (Wildman–Crippen MR) is 126 cm³/mol. The number of nitrogens with one attached hydrogen (secondary N) is 1. The highest BCUT2D eigenvalue weighted by Gasteiger charge is 2.36. The molecule has 176 valence electrons. The normalized spacial score (nSPS) is 21.0. The van der Waals surface area contributed by atoms with Gasteiger partial charge in [0.15, 0.2) is 0 Å². The summed E-state index contributed by atoms with van der Waals surface area (Å²) < 4.78 is 5.61. The molecule has 1 saturated heterocycles. The number of hydrogen-bond donors (Lipinski definition) is 2. The molecule has 2 amide bonds. The van der Waals surface area contributed by atoms with Gasteiger partial charge in [0.05, 0.1) is 12.0 Å². The van der Waals surface area contributed by atoms with E-state index in [1.54, 1.807) is 4.90 Å². The summed E-state index contributed by atoms with van der Waals surface area (Å²) in [6.45, 7) is 1.48. The summed E-state index contributed by atoms with van der Waals surface area (Å²) in [5, 5.41) is 11.7. The molecule has 5 rings (SSSR count). The third-order valence-electron chi connectivity index (χ3n) is 7.08. The van der Waals surface area contributed by atoms with Crippen LogP contribution in [0, 0.1) is 11.8 Å². The van der Waals surface area contributed by atoms with Crippen molar-refractivity contribution in [2.24, 2.45) is 11.8 Å². The smallest absolute Gasteiger partial charge is 0.407 e. The third-order valence-corrected chi connectivity index (χ3v) is 7.08. The van der Waals surface area contributed by atoms with Gasteiger partial charge in [-0.1, -0.05) is 60.7 Å². The first kappa shape index (κ1) is 22.2. The van der Waals surface area contributed by atoms with Crippen LogP contribution in [0.2, 0.25) is 0 Å². The molecule has 3 aliphatic rings. The standard InChI is InChI=1S/C27H28N2O5/c30-25(31)12-9-17-14-29(15-17)26(32)18-10-11-19(13-18)28-27(33)34-16-24-22-7-3-1-5-20(22)21-6-2-4-8-23(21)24/h1-8,10-11,17-19,24H,9,12-16H2,(H,28,33)(H,30,31). The molecule has 34 heavy (non-hydrogen) atoms. The minimum absolute atomic E-state index is 0.00656.